The quantitative estimate of drug-likeness (QED) is 0.802. The number of nitrogens with one attached hydrogen (secondary N) is 1. The molecule has 80 valence electrons. The minimum Gasteiger partial charge on any atom is -0.354 e. The Balaban J connectivity index is 1.94. The molecule has 1 aliphatic carbocycles. The highest BCUT2D eigenvalue weighted by Crippen LogP contribution is 2.47. The molecule has 0 saturated heterocycles. The summed E-state index contributed by atoms with van der Waals surface area (Å²) in [4.78, 5) is 11.7. The van der Waals surface area contributed by atoms with E-state index in [2.05, 4.69) is 17.4 Å². The van der Waals surface area contributed by atoms with Crippen LogP contribution in [0.15, 0.2) is 30.3 Å². The van der Waals surface area contributed by atoms with E-state index in [1.54, 1.807) is 0 Å². The maximum atomic E-state index is 11.7. The largest absolute Gasteiger partial charge is 0.354 e. The molecule has 1 aromatic rings. The molecule has 2 atom stereocenters. The second kappa shape index (κ2) is 4.05. The summed E-state index contributed by atoms with van der Waals surface area (Å²) >= 11 is 0. The zero-order chi connectivity index (χ0) is 10.8. The summed E-state index contributed by atoms with van der Waals surface area (Å²) in [5.41, 5.74) is 1.29. The van der Waals surface area contributed by atoms with Crippen molar-refractivity contribution >= 4 is 5.91 Å². The van der Waals surface area contributed by atoms with E-state index in [0.29, 0.717) is 5.92 Å². The third-order valence-electron chi connectivity index (χ3n) is 2.79. The number of benzene rings is 1. The highest BCUT2D eigenvalue weighted by atomic mass is 16.2. The fraction of sp³-hybridized carbons (Fsp3) is 0.462. The Labute approximate surface area is 90.7 Å². The van der Waals surface area contributed by atoms with Crippen molar-refractivity contribution in [2.75, 3.05) is 0 Å². The molecule has 2 nitrogen and oxygen atoms in total. The predicted molar refractivity (Wildman–Crippen MR) is 60.6 cm³/mol. The zero-order valence-electron chi connectivity index (χ0n) is 9.23. The summed E-state index contributed by atoms with van der Waals surface area (Å²) < 4.78 is 0. The smallest absolute Gasteiger partial charge is 0.223 e. The van der Waals surface area contributed by atoms with Crippen LogP contribution >= 0.6 is 0 Å². The Hall–Kier alpha value is -1.31. The summed E-state index contributed by atoms with van der Waals surface area (Å²) in [6.45, 7) is 4.00. The molecule has 0 bridgehead atoms. The lowest BCUT2D eigenvalue weighted by Gasteiger charge is -2.07. The average Bonchev–Trinajstić information content (AvgIpc) is 2.97. The maximum absolute atomic E-state index is 11.7. The van der Waals surface area contributed by atoms with Crippen LogP contribution in [0.2, 0.25) is 0 Å². The van der Waals surface area contributed by atoms with E-state index in [-0.39, 0.29) is 17.9 Å². The van der Waals surface area contributed by atoms with Crippen LogP contribution in [-0.4, -0.2) is 11.9 Å². The molecule has 1 saturated carbocycles. The van der Waals surface area contributed by atoms with Crippen LogP contribution in [0.5, 0.6) is 0 Å². The van der Waals surface area contributed by atoms with Gasteiger partial charge < -0.3 is 5.32 Å². The minimum absolute atomic E-state index is 0.204. The van der Waals surface area contributed by atoms with Crippen LogP contribution in [0.25, 0.3) is 0 Å². The van der Waals surface area contributed by atoms with E-state index in [1.807, 2.05) is 32.0 Å². The first kappa shape index (κ1) is 10.2. The molecule has 2 rings (SSSR count). The fourth-order valence-electron chi connectivity index (χ4n) is 1.94. The van der Waals surface area contributed by atoms with Gasteiger partial charge >= 0.3 is 0 Å². The highest BCUT2D eigenvalue weighted by molar-refractivity contribution is 5.83. The number of carbonyl (C=O) groups is 1. The lowest BCUT2D eigenvalue weighted by Crippen LogP contribution is -2.31. The average molecular weight is 203 g/mol. The van der Waals surface area contributed by atoms with E-state index in [1.165, 1.54) is 5.56 Å². The molecule has 2 heteroatoms. The molecular formula is C13H17NO. The molecule has 0 radical (unpaired) electrons. The molecule has 1 N–H and O–H groups in total. The molecule has 15 heavy (non-hydrogen) atoms. The van der Waals surface area contributed by atoms with Gasteiger partial charge in [-0.25, -0.2) is 0 Å². The van der Waals surface area contributed by atoms with Gasteiger partial charge in [0.05, 0.1) is 0 Å². The lowest BCUT2D eigenvalue weighted by molar-refractivity contribution is -0.122. The Bertz CT molecular complexity index is 345. The molecule has 1 aromatic carbocycles. The molecular weight excluding hydrogens is 186 g/mol. The lowest BCUT2D eigenvalue weighted by atomic mass is 10.1. The highest BCUT2D eigenvalue weighted by Gasteiger charge is 2.43. The first-order chi connectivity index (χ1) is 7.18. The van der Waals surface area contributed by atoms with E-state index in [0.717, 1.165) is 6.42 Å². The van der Waals surface area contributed by atoms with Crippen LogP contribution < -0.4 is 5.32 Å². The normalized spacial score (nSPS) is 23.9. The van der Waals surface area contributed by atoms with Gasteiger partial charge in [-0.2, -0.15) is 0 Å². The topological polar surface area (TPSA) is 29.1 Å². The van der Waals surface area contributed by atoms with E-state index in [4.69, 9.17) is 0 Å². The van der Waals surface area contributed by atoms with Gasteiger partial charge in [0, 0.05) is 12.0 Å². The summed E-state index contributed by atoms with van der Waals surface area (Å²) in [6, 6.07) is 10.5. The molecule has 0 spiro atoms. The minimum atomic E-state index is 0.204. The maximum Gasteiger partial charge on any atom is 0.223 e. The van der Waals surface area contributed by atoms with E-state index in [9.17, 15) is 4.79 Å². The van der Waals surface area contributed by atoms with Gasteiger partial charge in [-0.3, -0.25) is 4.79 Å². The SMILES string of the molecule is CC(C)NC(=O)[C@H]1C[C@H]1c1ccccc1. The van der Waals surface area contributed by atoms with Crippen molar-refractivity contribution in [2.24, 2.45) is 5.92 Å². The Morgan fingerprint density at radius 3 is 2.60 bits per heavy atom. The zero-order valence-corrected chi connectivity index (χ0v) is 9.23. The van der Waals surface area contributed by atoms with Gasteiger partial charge in [-0.1, -0.05) is 30.3 Å². The van der Waals surface area contributed by atoms with Crippen molar-refractivity contribution in [2.45, 2.75) is 32.2 Å². The number of amides is 1. The second-order valence-corrected chi connectivity index (χ2v) is 4.52. The second-order valence-electron chi connectivity index (χ2n) is 4.52. The first-order valence-electron chi connectivity index (χ1n) is 5.54. The molecule has 0 aromatic heterocycles. The third kappa shape index (κ3) is 2.38. The summed E-state index contributed by atoms with van der Waals surface area (Å²) in [7, 11) is 0. The van der Waals surface area contributed by atoms with Crippen molar-refractivity contribution < 1.29 is 4.79 Å². The van der Waals surface area contributed by atoms with Gasteiger partial charge in [0.2, 0.25) is 5.91 Å². The predicted octanol–water partition coefficient (Wildman–Crippen LogP) is 2.31. The fourth-order valence-corrected chi connectivity index (χ4v) is 1.94. The van der Waals surface area contributed by atoms with Crippen LogP contribution in [0.4, 0.5) is 0 Å². The van der Waals surface area contributed by atoms with Crippen molar-refractivity contribution in [3.05, 3.63) is 35.9 Å². The summed E-state index contributed by atoms with van der Waals surface area (Å²) in [5, 5.41) is 2.97. The van der Waals surface area contributed by atoms with Crippen molar-refractivity contribution in [3.63, 3.8) is 0 Å². The Morgan fingerprint density at radius 2 is 2.00 bits per heavy atom. The van der Waals surface area contributed by atoms with Crippen LogP contribution in [0.3, 0.4) is 0 Å². The Kier molecular flexibility index (Phi) is 2.76. The van der Waals surface area contributed by atoms with Crippen LogP contribution in [-0.2, 0) is 4.79 Å². The standard InChI is InChI=1S/C13H17NO/c1-9(2)14-13(15)12-8-11(12)10-6-4-3-5-7-10/h3-7,9,11-12H,8H2,1-2H3,(H,14,15)/t11-,12-/m0/s1. The molecule has 1 aliphatic rings. The van der Waals surface area contributed by atoms with Crippen molar-refractivity contribution in [3.8, 4) is 0 Å². The first-order valence-corrected chi connectivity index (χ1v) is 5.54. The number of hydrogen-bond acceptors (Lipinski definition) is 1. The van der Waals surface area contributed by atoms with Gasteiger partial charge in [0.15, 0.2) is 0 Å². The van der Waals surface area contributed by atoms with Gasteiger partial charge in [0.25, 0.3) is 0 Å². The summed E-state index contributed by atoms with van der Waals surface area (Å²) in [5.74, 6) is 0.860. The Morgan fingerprint density at radius 1 is 1.33 bits per heavy atom. The molecule has 1 fully saturated rings. The van der Waals surface area contributed by atoms with Crippen LogP contribution in [0, 0.1) is 5.92 Å². The van der Waals surface area contributed by atoms with Crippen molar-refractivity contribution in [1.82, 2.24) is 5.32 Å². The third-order valence-corrected chi connectivity index (χ3v) is 2.79. The summed E-state index contributed by atoms with van der Waals surface area (Å²) in [6.07, 6.45) is 1.00. The molecule has 0 unspecified atom stereocenters. The monoisotopic (exact) mass is 203 g/mol. The van der Waals surface area contributed by atoms with E-state index >= 15 is 0 Å². The molecule has 0 heterocycles. The van der Waals surface area contributed by atoms with Crippen molar-refractivity contribution in [1.29, 1.82) is 0 Å². The van der Waals surface area contributed by atoms with Gasteiger partial charge in [0.1, 0.15) is 0 Å². The molecule has 1 amide bonds. The van der Waals surface area contributed by atoms with E-state index < -0.39 is 0 Å². The van der Waals surface area contributed by atoms with Crippen LogP contribution in [0.1, 0.15) is 31.7 Å². The number of hydrogen-bond donors (Lipinski definition) is 1. The van der Waals surface area contributed by atoms with Gasteiger partial charge in [-0.15, -0.1) is 0 Å². The number of carbonyl (C=O) groups excluding carboxylic acids is 1. The molecule has 0 aliphatic heterocycles. The van der Waals surface area contributed by atoms with Gasteiger partial charge in [-0.05, 0) is 31.7 Å². The number of rotatable bonds is 3.